The molecule has 0 aliphatic heterocycles. The first kappa shape index (κ1) is 9.39. The van der Waals surface area contributed by atoms with E-state index >= 15 is 0 Å². The van der Waals surface area contributed by atoms with Crippen molar-refractivity contribution in [2.45, 2.75) is 0 Å². The molecule has 0 atom stereocenters. The van der Waals surface area contributed by atoms with E-state index in [1.54, 1.807) is 36.4 Å². The molecule has 0 aliphatic carbocycles. The number of aliphatic hydroxyl groups is 1. The lowest BCUT2D eigenvalue weighted by Gasteiger charge is -1.97. The van der Waals surface area contributed by atoms with Gasteiger partial charge in [-0.2, -0.15) is 5.10 Å². The van der Waals surface area contributed by atoms with E-state index in [2.05, 4.69) is 21.6 Å². The fourth-order valence-corrected chi connectivity index (χ4v) is 1.30. The maximum Gasteiger partial charge on any atom is 0.163 e. The fraction of sp³-hybridized carbons (Fsp3) is 0.100. The second kappa shape index (κ2) is 3.53. The van der Waals surface area contributed by atoms with E-state index in [1.807, 2.05) is 0 Å². The number of aryl methyl sites for hydroxylation is 1. The number of hydrogen-bond donors (Lipinski definition) is 1. The highest BCUT2D eigenvalue weighted by Gasteiger charge is 2.13. The van der Waals surface area contributed by atoms with Crippen LogP contribution in [0.25, 0.3) is 17.1 Å². The van der Waals surface area contributed by atoms with Crippen molar-refractivity contribution in [2.24, 2.45) is 7.05 Å². The number of aromatic nitrogens is 4. The van der Waals surface area contributed by atoms with Crippen LogP contribution in [0.5, 0.6) is 0 Å². The van der Waals surface area contributed by atoms with E-state index in [0.29, 0.717) is 17.1 Å². The second-order valence-corrected chi connectivity index (χ2v) is 3.08. The topological polar surface area (TPSA) is 63.8 Å². The van der Waals surface area contributed by atoms with Crippen molar-refractivity contribution in [1.29, 1.82) is 0 Å². The first-order valence-electron chi connectivity index (χ1n) is 4.38. The van der Waals surface area contributed by atoms with E-state index in [4.69, 9.17) is 0 Å². The van der Waals surface area contributed by atoms with Gasteiger partial charge in [0, 0.05) is 25.6 Å². The molecule has 0 amide bonds. The van der Waals surface area contributed by atoms with E-state index in [0.717, 1.165) is 0 Å². The minimum Gasteiger partial charge on any atom is -0.506 e. The van der Waals surface area contributed by atoms with Crippen LogP contribution in [0.15, 0.2) is 31.2 Å². The fourth-order valence-electron chi connectivity index (χ4n) is 1.30. The Kier molecular flexibility index (Phi) is 2.21. The highest BCUT2D eigenvalue weighted by Crippen LogP contribution is 2.22. The minimum atomic E-state index is -0.0851. The molecule has 2 rings (SSSR count). The SMILES string of the molecule is C=C(O)c1nn(C)cc1-c1ncccn1. The molecule has 76 valence electrons. The van der Waals surface area contributed by atoms with Crippen LogP contribution < -0.4 is 0 Å². The van der Waals surface area contributed by atoms with Gasteiger partial charge in [-0.15, -0.1) is 0 Å². The monoisotopic (exact) mass is 202 g/mol. The Morgan fingerprint density at radius 2 is 2.07 bits per heavy atom. The summed E-state index contributed by atoms with van der Waals surface area (Å²) in [5, 5.41) is 13.4. The highest BCUT2D eigenvalue weighted by atomic mass is 16.3. The van der Waals surface area contributed by atoms with Gasteiger partial charge in [0.1, 0.15) is 11.5 Å². The van der Waals surface area contributed by atoms with Gasteiger partial charge in [-0.3, -0.25) is 4.68 Å². The Morgan fingerprint density at radius 3 is 2.67 bits per heavy atom. The second-order valence-electron chi connectivity index (χ2n) is 3.08. The standard InChI is InChI=1S/C10H10N4O/c1-7(15)9-8(6-14(2)13-9)10-11-4-3-5-12-10/h3-6,15H,1H2,2H3. The van der Waals surface area contributed by atoms with Gasteiger partial charge < -0.3 is 5.11 Å². The van der Waals surface area contributed by atoms with Gasteiger partial charge in [-0.1, -0.05) is 6.58 Å². The Labute approximate surface area is 86.7 Å². The van der Waals surface area contributed by atoms with Crippen LogP contribution in [0.3, 0.4) is 0 Å². The van der Waals surface area contributed by atoms with Crippen LogP contribution in [-0.2, 0) is 7.05 Å². The van der Waals surface area contributed by atoms with Crippen molar-refractivity contribution in [1.82, 2.24) is 19.7 Å². The summed E-state index contributed by atoms with van der Waals surface area (Å²) in [6.45, 7) is 3.45. The maximum atomic E-state index is 9.35. The molecule has 0 radical (unpaired) electrons. The lowest BCUT2D eigenvalue weighted by Crippen LogP contribution is -1.91. The van der Waals surface area contributed by atoms with Crippen LogP contribution >= 0.6 is 0 Å². The number of rotatable bonds is 2. The molecule has 5 heteroatoms. The molecular formula is C10H10N4O. The zero-order chi connectivity index (χ0) is 10.8. The van der Waals surface area contributed by atoms with E-state index in [-0.39, 0.29) is 5.76 Å². The van der Waals surface area contributed by atoms with Crippen LogP contribution in [-0.4, -0.2) is 24.9 Å². The smallest absolute Gasteiger partial charge is 0.163 e. The third-order valence-corrected chi connectivity index (χ3v) is 1.91. The van der Waals surface area contributed by atoms with Crippen molar-refractivity contribution >= 4 is 5.76 Å². The normalized spacial score (nSPS) is 10.2. The lowest BCUT2D eigenvalue weighted by atomic mass is 10.2. The molecular weight excluding hydrogens is 192 g/mol. The molecule has 2 heterocycles. The molecule has 0 unspecified atom stereocenters. The molecule has 0 aliphatic rings. The summed E-state index contributed by atoms with van der Waals surface area (Å²) in [4.78, 5) is 8.18. The Morgan fingerprint density at radius 1 is 1.40 bits per heavy atom. The summed E-state index contributed by atoms with van der Waals surface area (Å²) in [6.07, 6.45) is 5.02. The Hall–Kier alpha value is -2.17. The van der Waals surface area contributed by atoms with E-state index in [1.165, 1.54) is 0 Å². The summed E-state index contributed by atoms with van der Waals surface area (Å²) >= 11 is 0. The van der Waals surface area contributed by atoms with E-state index < -0.39 is 0 Å². The minimum absolute atomic E-state index is 0.0851. The van der Waals surface area contributed by atoms with Crippen molar-refractivity contribution in [3.05, 3.63) is 36.9 Å². The molecule has 2 aromatic heterocycles. The molecule has 5 nitrogen and oxygen atoms in total. The van der Waals surface area contributed by atoms with Crippen LogP contribution in [0.4, 0.5) is 0 Å². The molecule has 1 N–H and O–H groups in total. The molecule has 0 bridgehead atoms. The number of nitrogens with zero attached hydrogens (tertiary/aromatic N) is 4. The summed E-state index contributed by atoms with van der Waals surface area (Å²) in [5.41, 5.74) is 1.08. The molecule has 0 saturated carbocycles. The Bertz CT molecular complexity index is 489. The number of hydrogen-bond acceptors (Lipinski definition) is 4. The van der Waals surface area contributed by atoms with Gasteiger partial charge >= 0.3 is 0 Å². The summed E-state index contributed by atoms with van der Waals surface area (Å²) < 4.78 is 1.59. The molecule has 2 aromatic rings. The Balaban J connectivity index is 2.58. The van der Waals surface area contributed by atoms with E-state index in [9.17, 15) is 5.11 Å². The van der Waals surface area contributed by atoms with Crippen molar-refractivity contribution in [2.75, 3.05) is 0 Å². The third-order valence-electron chi connectivity index (χ3n) is 1.91. The van der Waals surface area contributed by atoms with Gasteiger partial charge in [0.05, 0.1) is 5.56 Å². The van der Waals surface area contributed by atoms with Gasteiger partial charge in [0.15, 0.2) is 5.82 Å². The third kappa shape index (κ3) is 1.71. The average molecular weight is 202 g/mol. The van der Waals surface area contributed by atoms with Gasteiger partial charge in [-0.25, -0.2) is 9.97 Å². The molecule has 0 fully saturated rings. The summed E-state index contributed by atoms with van der Waals surface area (Å²) in [6, 6.07) is 1.73. The summed E-state index contributed by atoms with van der Waals surface area (Å²) in [7, 11) is 1.76. The van der Waals surface area contributed by atoms with Crippen LogP contribution in [0.1, 0.15) is 5.69 Å². The van der Waals surface area contributed by atoms with Crippen molar-refractivity contribution in [3.8, 4) is 11.4 Å². The van der Waals surface area contributed by atoms with Crippen LogP contribution in [0, 0.1) is 0 Å². The number of aliphatic hydroxyl groups excluding tert-OH is 1. The van der Waals surface area contributed by atoms with Gasteiger partial charge in [0.25, 0.3) is 0 Å². The quantitative estimate of drug-likeness (QED) is 0.748. The maximum absolute atomic E-state index is 9.35. The average Bonchev–Trinajstić information content (AvgIpc) is 2.62. The molecule has 15 heavy (non-hydrogen) atoms. The molecule has 0 saturated heterocycles. The largest absolute Gasteiger partial charge is 0.506 e. The van der Waals surface area contributed by atoms with Gasteiger partial charge in [0.2, 0.25) is 0 Å². The lowest BCUT2D eigenvalue weighted by molar-refractivity contribution is 0.508. The zero-order valence-corrected chi connectivity index (χ0v) is 8.25. The summed E-state index contributed by atoms with van der Waals surface area (Å²) in [5.74, 6) is 0.439. The van der Waals surface area contributed by atoms with Gasteiger partial charge in [-0.05, 0) is 6.07 Å². The first-order chi connectivity index (χ1) is 7.18. The molecule has 0 spiro atoms. The highest BCUT2D eigenvalue weighted by molar-refractivity contribution is 5.70. The molecule has 0 aromatic carbocycles. The first-order valence-corrected chi connectivity index (χ1v) is 4.38. The predicted molar refractivity (Wildman–Crippen MR) is 55.9 cm³/mol. The zero-order valence-electron chi connectivity index (χ0n) is 8.25. The van der Waals surface area contributed by atoms with Crippen molar-refractivity contribution in [3.63, 3.8) is 0 Å². The predicted octanol–water partition coefficient (Wildman–Crippen LogP) is 1.41. The van der Waals surface area contributed by atoms with Crippen LogP contribution in [0.2, 0.25) is 0 Å². The van der Waals surface area contributed by atoms with Crippen molar-refractivity contribution < 1.29 is 5.11 Å².